The number of nitriles is 1. The number of thiazole rings is 1. The first-order valence-corrected chi connectivity index (χ1v) is 15.5. The van der Waals surface area contributed by atoms with Crippen LogP contribution in [0.15, 0.2) is 119 Å². The van der Waals surface area contributed by atoms with Crippen LogP contribution in [-0.2, 0) is 6.18 Å². The van der Waals surface area contributed by atoms with E-state index in [0.717, 1.165) is 33.7 Å². The number of hydrogen-bond acceptors (Lipinski definition) is 5. The summed E-state index contributed by atoms with van der Waals surface area (Å²) >= 11 is 7.04. The van der Waals surface area contributed by atoms with Gasteiger partial charge < -0.3 is 5.11 Å². The average Bonchev–Trinajstić information content (AvgIpc) is 3.63. The van der Waals surface area contributed by atoms with Crippen LogP contribution in [0.1, 0.15) is 16.7 Å². The normalized spacial score (nSPS) is 13.0. The molecule has 0 radical (unpaired) electrons. The summed E-state index contributed by atoms with van der Waals surface area (Å²) in [7, 11) is 0. The highest BCUT2D eigenvalue weighted by atomic mass is 35.5. The molecule has 12 heteroatoms. The van der Waals surface area contributed by atoms with Crippen molar-refractivity contribution in [2.24, 2.45) is 4.99 Å². The fraction of sp³-hybridized carbons (Fsp3) is 0.0556. The number of hydrogen-bond donors (Lipinski definition) is 1. The van der Waals surface area contributed by atoms with Crippen LogP contribution in [0.25, 0.3) is 34.3 Å². The third-order valence-electron chi connectivity index (χ3n) is 7.31. The zero-order valence-corrected chi connectivity index (χ0v) is 26.6. The molecule has 0 bridgehead atoms. The molecule has 6 aromatic rings. The lowest BCUT2D eigenvalue weighted by molar-refractivity contribution is -0.137. The molecule has 0 fully saturated rings. The third kappa shape index (κ3) is 6.44. The summed E-state index contributed by atoms with van der Waals surface area (Å²) in [6.45, 7) is 1.75. The molecule has 0 amide bonds. The van der Waals surface area contributed by atoms with Crippen LogP contribution in [0.4, 0.5) is 18.9 Å². The Balaban J connectivity index is 1.69. The molecule has 2 heterocycles. The number of nitrogens with zero attached hydrogens (tertiary/aromatic N) is 5. The average molecular weight is 682 g/mol. The van der Waals surface area contributed by atoms with Crippen LogP contribution >= 0.6 is 22.9 Å². The fourth-order valence-electron chi connectivity index (χ4n) is 5.04. The number of halogens is 4. The van der Waals surface area contributed by atoms with E-state index in [-0.39, 0.29) is 9.20 Å². The zero-order valence-electron chi connectivity index (χ0n) is 25.0. The summed E-state index contributed by atoms with van der Waals surface area (Å²) < 4.78 is 45.0. The maximum Gasteiger partial charge on any atom is 0.418 e. The Hall–Kier alpha value is -5.70. The number of aliphatic imine (C=N–C) groups is 1. The summed E-state index contributed by atoms with van der Waals surface area (Å²) in [6.07, 6.45) is -1.65. The minimum Gasteiger partial charge on any atom is -0.492 e. The van der Waals surface area contributed by atoms with Gasteiger partial charge >= 0.3 is 6.18 Å². The van der Waals surface area contributed by atoms with Gasteiger partial charge in [0.1, 0.15) is 22.0 Å². The fourth-order valence-corrected chi connectivity index (χ4v) is 6.31. The van der Waals surface area contributed by atoms with Crippen molar-refractivity contribution < 1.29 is 18.3 Å². The number of benzene rings is 4. The Bertz CT molecular complexity index is 2420. The van der Waals surface area contributed by atoms with E-state index in [1.165, 1.54) is 18.2 Å². The largest absolute Gasteiger partial charge is 0.492 e. The molecule has 4 aromatic carbocycles. The Labute approximate surface area is 280 Å². The van der Waals surface area contributed by atoms with Gasteiger partial charge in [-0.25, -0.2) is 9.67 Å². The predicted octanol–water partition coefficient (Wildman–Crippen LogP) is 7.52. The minimum absolute atomic E-state index is 0.0192. The van der Waals surface area contributed by atoms with Crippen molar-refractivity contribution in [1.82, 2.24) is 14.3 Å². The van der Waals surface area contributed by atoms with Gasteiger partial charge in [0.15, 0.2) is 0 Å². The summed E-state index contributed by atoms with van der Waals surface area (Å²) in [5.74, 6) is -0.755. The molecule has 0 spiro atoms. The van der Waals surface area contributed by atoms with Gasteiger partial charge in [-0.3, -0.25) is 9.36 Å². The Morgan fingerprint density at radius 2 is 1.71 bits per heavy atom. The first kappa shape index (κ1) is 32.2. The van der Waals surface area contributed by atoms with Crippen LogP contribution in [0, 0.1) is 18.3 Å². The lowest BCUT2D eigenvalue weighted by atomic mass is 10.1. The lowest BCUT2D eigenvalue weighted by Crippen LogP contribution is -2.33. The van der Waals surface area contributed by atoms with E-state index in [1.54, 1.807) is 66.3 Å². The quantitative estimate of drug-likeness (QED) is 0.145. The number of aryl methyl sites for hydroxylation is 1. The number of para-hydroxylation sites is 3. The molecule has 2 aromatic heterocycles. The highest BCUT2D eigenvalue weighted by Crippen LogP contribution is 2.33. The maximum atomic E-state index is 14.3. The topological polar surface area (TPSA) is 96.2 Å². The van der Waals surface area contributed by atoms with E-state index < -0.39 is 34.5 Å². The first-order chi connectivity index (χ1) is 23.0. The van der Waals surface area contributed by atoms with Crippen molar-refractivity contribution in [2.45, 2.75) is 13.1 Å². The molecule has 238 valence electrons. The maximum absolute atomic E-state index is 14.3. The van der Waals surface area contributed by atoms with Gasteiger partial charge in [0.05, 0.1) is 27.2 Å². The molecule has 1 N–H and O–H groups in total. The minimum atomic E-state index is -4.83. The number of aliphatic hydroxyl groups excluding tert-OH is 1. The van der Waals surface area contributed by atoms with Gasteiger partial charge in [-0.05, 0) is 61.0 Å². The van der Waals surface area contributed by atoms with E-state index in [0.29, 0.717) is 33.1 Å². The van der Waals surface area contributed by atoms with E-state index in [1.807, 2.05) is 36.4 Å². The second-order valence-electron chi connectivity index (χ2n) is 10.5. The van der Waals surface area contributed by atoms with Crippen LogP contribution in [-0.4, -0.2) is 25.4 Å². The smallest absolute Gasteiger partial charge is 0.418 e. The Kier molecular flexibility index (Phi) is 8.86. The number of alkyl halides is 3. The molecule has 0 aliphatic rings. The molecular weight excluding hydrogens is 659 g/mol. The molecule has 0 unspecified atom stereocenters. The molecular formula is C36H23ClF3N5O2S. The van der Waals surface area contributed by atoms with Crippen molar-refractivity contribution in [3.8, 4) is 28.7 Å². The SMILES string of the molecule is Cc1ccccc1N=C(O)/C(C#N)=c1\s/c(=C\c2cn(-c3ccccc3)nc2-c2cccc(Cl)c2)c(=O)n1-c1ccccc1C(F)(F)F. The second kappa shape index (κ2) is 13.2. The molecule has 7 nitrogen and oxygen atoms in total. The molecule has 0 saturated carbocycles. The van der Waals surface area contributed by atoms with Crippen molar-refractivity contribution in [3.63, 3.8) is 0 Å². The van der Waals surface area contributed by atoms with Crippen molar-refractivity contribution >= 4 is 46.2 Å². The van der Waals surface area contributed by atoms with Gasteiger partial charge in [0, 0.05) is 22.3 Å². The van der Waals surface area contributed by atoms with Gasteiger partial charge in [0.2, 0.25) is 5.90 Å². The zero-order chi connectivity index (χ0) is 34.0. The van der Waals surface area contributed by atoms with Gasteiger partial charge in [-0.2, -0.15) is 23.5 Å². The van der Waals surface area contributed by atoms with Crippen molar-refractivity contribution in [2.75, 3.05) is 0 Å². The number of rotatable bonds is 6. The molecule has 48 heavy (non-hydrogen) atoms. The highest BCUT2D eigenvalue weighted by Gasteiger charge is 2.34. The standard InChI is InChI=1S/C36H23ClF3N5O2S/c1-22-10-5-7-16-29(22)42-33(46)27(20-41)35-45(30-17-8-6-15-28(30)36(38,39)40)34(47)31(48-35)19-24-21-44(26-13-3-2-4-14-26)43-32(24)23-11-9-12-25(37)18-23/h2-19,21H,1H3,(H,42,46)/b31-19-,35-27-. The number of aliphatic hydroxyl groups is 1. The Morgan fingerprint density at radius 1 is 1.00 bits per heavy atom. The monoisotopic (exact) mass is 681 g/mol. The third-order valence-corrected chi connectivity index (χ3v) is 8.64. The van der Waals surface area contributed by atoms with Gasteiger partial charge in [-0.15, -0.1) is 11.3 Å². The van der Waals surface area contributed by atoms with E-state index >= 15 is 0 Å². The molecule has 0 aliphatic heterocycles. The molecule has 0 atom stereocenters. The van der Waals surface area contributed by atoms with Crippen molar-refractivity contribution in [3.05, 3.63) is 151 Å². The van der Waals surface area contributed by atoms with Crippen LogP contribution in [0.2, 0.25) is 5.02 Å². The first-order valence-electron chi connectivity index (χ1n) is 14.3. The summed E-state index contributed by atoms with van der Waals surface area (Å²) in [5.41, 5.74) is 0.371. The van der Waals surface area contributed by atoms with Crippen LogP contribution in [0.5, 0.6) is 0 Å². The second-order valence-corrected chi connectivity index (χ2v) is 12.0. The van der Waals surface area contributed by atoms with Crippen LogP contribution < -0.4 is 14.8 Å². The van der Waals surface area contributed by atoms with Gasteiger partial charge in [0.25, 0.3) is 5.56 Å². The van der Waals surface area contributed by atoms with Gasteiger partial charge in [-0.1, -0.05) is 72.3 Å². The number of aromatic nitrogens is 3. The molecule has 0 saturated heterocycles. The van der Waals surface area contributed by atoms with Crippen LogP contribution in [0.3, 0.4) is 0 Å². The predicted molar refractivity (Wildman–Crippen MR) is 182 cm³/mol. The Morgan fingerprint density at radius 3 is 2.42 bits per heavy atom. The highest BCUT2D eigenvalue weighted by molar-refractivity contribution is 7.07. The van der Waals surface area contributed by atoms with E-state index in [2.05, 4.69) is 4.99 Å². The lowest BCUT2D eigenvalue weighted by Gasteiger charge is -2.13. The summed E-state index contributed by atoms with van der Waals surface area (Å²) in [6, 6.07) is 29.4. The molecule has 0 aliphatic carbocycles. The van der Waals surface area contributed by atoms with E-state index in [9.17, 15) is 28.3 Å². The summed E-state index contributed by atoms with van der Waals surface area (Å²) in [5, 5.41) is 26.5. The molecule has 6 rings (SSSR count). The van der Waals surface area contributed by atoms with Crippen molar-refractivity contribution in [1.29, 1.82) is 5.26 Å². The van der Waals surface area contributed by atoms with E-state index in [4.69, 9.17) is 16.7 Å². The summed E-state index contributed by atoms with van der Waals surface area (Å²) in [4.78, 5) is 18.4.